The number of ether oxygens (including phenoxy) is 1. The Kier molecular flexibility index (Phi) is 4.88. The second-order valence-electron chi connectivity index (χ2n) is 5.34. The summed E-state index contributed by atoms with van der Waals surface area (Å²) in [6.07, 6.45) is 0.458. The fourth-order valence-corrected chi connectivity index (χ4v) is 5.39. The van der Waals surface area contributed by atoms with E-state index in [-0.39, 0.29) is 28.8 Å². The largest absolute Gasteiger partial charge is 0.481 e. The molecule has 0 saturated carbocycles. The first-order valence-electron chi connectivity index (χ1n) is 6.65. The van der Waals surface area contributed by atoms with Gasteiger partial charge in [-0.1, -0.05) is 6.92 Å². The summed E-state index contributed by atoms with van der Waals surface area (Å²) in [5, 5.41) is 10.6. The SMILES string of the molecule is COC(=O)c1csc(S(=O)(=O)N2CC(C)CC(C(=O)O)C2)c1. The number of hydrogen-bond donors (Lipinski definition) is 1. The van der Waals surface area contributed by atoms with Crippen LogP contribution in [0, 0.1) is 11.8 Å². The fourth-order valence-electron chi connectivity index (χ4n) is 2.48. The number of methoxy groups -OCH3 is 1. The molecular formula is C13H17NO6S2. The van der Waals surface area contributed by atoms with Crippen molar-refractivity contribution >= 4 is 33.3 Å². The van der Waals surface area contributed by atoms with Crippen LogP contribution in [0.25, 0.3) is 0 Å². The molecule has 122 valence electrons. The fraction of sp³-hybridized carbons (Fsp3) is 0.538. The van der Waals surface area contributed by atoms with Gasteiger partial charge in [-0.15, -0.1) is 11.3 Å². The summed E-state index contributed by atoms with van der Waals surface area (Å²) in [6.45, 7) is 2.05. The number of sulfonamides is 1. The van der Waals surface area contributed by atoms with Gasteiger partial charge in [0, 0.05) is 18.5 Å². The van der Waals surface area contributed by atoms with Gasteiger partial charge >= 0.3 is 11.9 Å². The lowest BCUT2D eigenvalue weighted by atomic mass is 9.92. The Hall–Kier alpha value is -1.45. The molecule has 0 amide bonds. The van der Waals surface area contributed by atoms with Gasteiger partial charge < -0.3 is 9.84 Å². The van der Waals surface area contributed by atoms with Gasteiger partial charge in [0.1, 0.15) is 4.21 Å². The first-order chi connectivity index (χ1) is 10.3. The average Bonchev–Trinajstić information content (AvgIpc) is 2.96. The quantitative estimate of drug-likeness (QED) is 0.823. The van der Waals surface area contributed by atoms with Crippen molar-refractivity contribution in [2.45, 2.75) is 17.6 Å². The third-order valence-electron chi connectivity index (χ3n) is 3.57. The van der Waals surface area contributed by atoms with Crippen molar-refractivity contribution in [2.75, 3.05) is 20.2 Å². The molecule has 0 bridgehead atoms. The standard InChI is InChI=1S/C13H17NO6S2/c1-8-3-9(12(15)16)6-14(5-8)22(18,19)11-4-10(7-21-11)13(17)20-2/h4,7-9H,3,5-6H2,1-2H3,(H,15,16). The van der Waals surface area contributed by atoms with Crippen LogP contribution >= 0.6 is 11.3 Å². The van der Waals surface area contributed by atoms with Crippen LogP contribution in [0.2, 0.25) is 0 Å². The van der Waals surface area contributed by atoms with Crippen LogP contribution in [-0.2, 0) is 19.6 Å². The predicted molar refractivity (Wildman–Crippen MR) is 79.3 cm³/mol. The molecule has 2 unspecified atom stereocenters. The van der Waals surface area contributed by atoms with Crippen molar-refractivity contribution < 1.29 is 27.9 Å². The Morgan fingerprint density at radius 2 is 2.09 bits per heavy atom. The van der Waals surface area contributed by atoms with Crippen molar-refractivity contribution in [3.8, 4) is 0 Å². The lowest BCUT2D eigenvalue weighted by Gasteiger charge is -2.33. The number of esters is 1. The molecule has 2 atom stereocenters. The highest BCUT2D eigenvalue weighted by Gasteiger charge is 2.37. The number of nitrogens with zero attached hydrogens (tertiary/aromatic N) is 1. The number of carboxylic acids is 1. The molecule has 0 spiro atoms. The van der Waals surface area contributed by atoms with Gasteiger partial charge in [0.2, 0.25) is 0 Å². The van der Waals surface area contributed by atoms with E-state index in [1.165, 1.54) is 22.9 Å². The summed E-state index contributed by atoms with van der Waals surface area (Å²) in [7, 11) is -2.58. The number of rotatable bonds is 4. The lowest BCUT2D eigenvalue weighted by Crippen LogP contribution is -2.45. The summed E-state index contributed by atoms with van der Waals surface area (Å²) < 4.78 is 31.0. The summed E-state index contributed by atoms with van der Waals surface area (Å²) in [5.41, 5.74) is 0.172. The molecule has 1 aromatic rings. The number of aliphatic carboxylic acids is 1. The van der Waals surface area contributed by atoms with E-state index in [4.69, 9.17) is 5.11 Å². The van der Waals surface area contributed by atoms with Gasteiger partial charge in [0.25, 0.3) is 10.0 Å². The van der Waals surface area contributed by atoms with E-state index < -0.39 is 27.9 Å². The first-order valence-corrected chi connectivity index (χ1v) is 8.97. The van der Waals surface area contributed by atoms with Crippen molar-refractivity contribution in [3.63, 3.8) is 0 Å². The van der Waals surface area contributed by atoms with Crippen LogP contribution in [0.5, 0.6) is 0 Å². The molecule has 9 heteroatoms. The van der Waals surface area contributed by atoms with Gasteiger partial charge in [0.05, 0.1) is 18.6 Å². The monoisotopic (exact) mass is 347 g/mol. The number of hydrogen-bond acceptors (Lipinski definition) is 6. The highest BCUT2D eigenvalue weighted by Crippen LogP contribution is 2.30. The average molecular weight is 347 g/mol. The summed E-state index contributed by atoms with van der Waals surface area (Å²) in [5.74, 6) is -2.34. The molecule has 1 saturated heterocycles. The molecule has 1 aromatic heterocycles. The molecule has 2 rings (SSSR count). The van der Waals surface area contributed by atoms with Crippen molar-refractivity contribution in [3.05, 3.63) is 17.0 Å². The van der Waals surface area contributed by atoms with E-state index in [1.54, 1.807) is 0 Å². The predicted octanol–water partition coefficient (Wildman–Crippen LogP) is 1.27. The van der Waals surface area contributed by atoms with Gasteiger partial charge in [0.15, 0.2) is 0 Å². The normalized spacial score (nSPS) is 23.2. The number of carbonyl (C=O) groups excluding carboxylic acids is 1. The van der Waals surface area contributed by atoms with Crippen molar-refractivity contribution in [1.29, 1.82) is 0 Å². The Bertz CT molecular complexity index is 680. The lowest BCUT2D eigenvalue weighted by molar-refractivity contribution is -0.143. The van der Waals surface area contributed by atoms with E-state index >= 15 is 0 Å². The van der Waals surface area contributed by atoms with Crippen molar-refractivity contribution in [1.82, 2.24) is 4.31 Å². The molecule has 2 heterocycles. The maximum atomic E-state index is 12.6. The summed E-state index contributed by atoms with van der Waals surface area (Å²) >= 11 is 0.927. The smallest absolute Gasteiger partial charge is 0.338 e. The van der Waals surface area contributed by atoms with E-state index in [0.29, 0.717) is 6.42 Å². The highest BCUT2D eigenvalue weighted by atomic mass is 32.2. The Balaban J connectivity index is 2.27. The second-order valence-corrected chi connectivity index (χ2v) is 8.42. The van der Waals surface area contributed by atoms with E-state index in [0.717, 1.165) is 11.3 Å². The van der Waals surface area contributed by atoms with Crippen LogP contribution in [0.3, 0.4) is 0 Å². The van der Waals surface area contributed by atoms with Gasteiger partial charge in [-0.05, 0) is 18.4 Å². The van der Waals surface area contributed by atoms with Gasteiger partial charge in [-0.25, -0.2) is 13.2 Å². The topological polar surface area (TPSA) is 101 Å². The Labute approximate surface area is 132 Å². The zero-order chi connectivity index (χ0) is 16.5. The van der Waals surface area contributed by atoms with E-state index in [9.17, 15) is 18.0 Å². The van der Waals surface area contributed by atoms with E-state index in [1.807, 2.05) is 6.92 Å². The minimum Gasteiger partial charge on any atom is -0.481 e. The van der Waals surface area contributed by atoms with Crippen LogP contribution in [-0.4, -0.2) is 50.0 Å². The van der Waals surface area contributed by atoms with Gasteiger partial charge in [-0.2, -0.15) is 4.31 Å². The second kappa shape index (κ2) is 6.35. The van der Waals surface area contributed by atoms with Crippen molar-refractivity contribution in [2.24, 2.45) is 11.8 Å². The zero-order valence-electron chi connectivity index (χ0n) is 12.2. The number of carbonyl (C=O) groups is 2. The number of piperidine rings is 1. The minimum absolute atomic E-state index is 0.0196. The molecular weight excluding hydrogens is 330 g/mol. The molecule has 0 aromatic carbocycles. The number of thiophene rings is 1. The molecule has 0 aliphatic carbocycles. The van der Waals surface area contributed by atoms with Crippen LogP contribution < -0.4 is 0 Å². The Morgan fingerprint density at radius 1 is 1.41 bits per heavy atom. The molecule has 1 N–H and O–H groups in total. The molecule has 1 fully saturated rings. The summed E-state index contributed by atoms with van der Waals surface area (Å²) in [4.78, 5) is 22.6. The van der Waals surface area contributed by atoms with Crippen LogP contribution in [0.1, 0.15) is 23.7 Å². The number of carboxylic acid groups (broad SMARTS) is 1. The summed E-state index contributed by atoms with van der Waals surface area (Å²) in [6, 6.07) is 1.26. The molecule has 7 nitrogen and oxygen atoms in total. The maximum absolute atomic E-state index is 12.6. The third kappa shape index (κ3) is 3.31. The third-order valence-corrected chi connectivity index (χ3v) is 6.81. The molecule has 1 aliphatic heterocycles. The van der Waals surface area contributed by atoms with Crippen LogP contribution in [0.4, 0.5) is 0 Å². The van der Waals surface area contributed by atoms with Crippen LogP contribution in [0.15, 0.2) is 15.7 Å². The minimum atomic E-state index is -3.80. The zero-order valence-corrected chi connectivity index (χ0v) is 13.8. The molecule has 1 aliphatic rings. The highest BCUT2D eigenvalue weighted by molar-refractivity contribution is 7.91. The first kappa shape index (κ1) is 16.9. The molecule has 0 radical (unpaired) electrons. The van der Waals surface area contributed by atoms with Gasteiger partial charge in [-0.3, -0.25) is 4.79 Å². The Morgan fingerprint density at radius 3 is 2.68 bits per heavy atom. The maximum Gasteiger partial charge on any atom is 0.338 e. The van der Waals surface area contributed by atoms with E-state index in [2.05, 4.69) is 4.74 Å². The molecule has 22 heavy (non-hydrogen) atoms.